The summed E-state index contributed by atoms with van der Waals surface area (Å²) in [7, 11) is 2.13. The van der Waals surface area contributed by atoms with Crippen molar-refractivity contribution in [2.45, 2.75) is 13.8 Å². The molecule has 7 heteroatoms. The molecule has 0 saturated carbocycles. The van der Waals surface area contributed by atoms with Crippen LogP contribution in [0.4, 0.5) is 11.6 Å². The predicted octanol–water partition coefficient (Wildman–Crippen LogP) is 3.31. The Morgan fingerprint density at radius 1 is 1.07 bits per heavy atom. The monoisotopic (exact) mass is 381 g/mol. The summed E-state index contributed by atoms with van der Waals surface area (Å²) in [5.74, 6) is 1.38. The molecule has 1 N–H and O–H groups in total. The van der Waals surface area contributed by atoms with Crippen molar-refractivity contribution in [2.75, 3.05) is 43.4 Å². The predicted molar refractivity (Wildman–Crippen MR) is 111 cm³/mol. The first-order valence-electron chi connectivity index (χ1n) is 9.10. The van der Waals surface area contributed by atoms with Crippen LogP contribution in [0.2, 0.25) is 0 Å². The number of thiazole rings is 1. The van der Waals surface area contributed by atoms with Gasteiger partial charge >= 0.3 is 0 Å². The van der Waals surface area contributed by atoms with Gasteiger partial charge in [-0.3, -0.25) is 4.79 Å². The van der Waals surface area contributed by atoms with Crippen LogP contribution in [0.15, 0.2) is 30.3 Å². The van der Waals surface area contributed by atoms with Crippen LogP contribution in [0.25, 0.3) is 10.2 Å². The molecule has 1 amide bonds. The lowest BCUT2D eigenvalue weighted by molar-refractivity contribution is 0.102. The zero-order chi connectivity index (χ0) is 19.0. The van der Waals surface area contributed by atoms with E-state index in [1.54, 1.807) is 11.3 Å². The standard InChI is InChI=1S/C20H23N5OS/c1-13-7-8-17(22-19(13)25-11-9-24(3)10-12-25)23-20(26)15-5-4-6-16-18(15)27-14(2)21-16/h4-8H,9-12H2,1-3H3,(H,22,23,26). The Labute approximate surface area is 162 Å². The average molecular weight is 382 g/mol. The van der Waals surface area contributed by atoms with E-state index >= 15 is 0 Å². The maximum Gasteiger partial charge on any atom is 0.258 e. The molecule has 1 aromatic carbocycles. The van der Waals surface area contributed by atoms with Gasteiger partial charge in [0.1, 0.15) is 11.6 Å². The Balaban J connectivity index is 1.59. The van der Waals surface area contributed by atoms with E-state index in [9.17, 15) is 4.79 Å². The zero-order valence-electron chi connectivity index (χ0n) is 15.8. The minimum absolute atomic E-state index is 0.148. The number of likely N-dealkylation sites (N-methyl/N-ethyl adjacent to an activating group) is 1. The third-order valence-electron chi connectivity index (χ3n) is 4.88. The van der Waals surface area contributed by atoms with E-state index < -0.39 is 0 Å². The van der Waals surface area contributed by atoms with Crippen LogP contribution in [0.5, 0.6) is 0 Å². The molecule has 0 aliphatic carbocycles. The molecular formula is C20H23N5OS. The van der Waals surface area contributed by atoms with Crippen molar-refractivity contribution in [1.82, 2.24) is 14.9 Å². The molecule has 4 rings (SSSR count). The average Bonchev–Trinajstić information content (AvgIpc) is 3.04. The molecular weight excluding hydrogens is 358 g/mol. The van der Waals surface area contributed by atoms with Gasteiger partial charge in [-0.15, -0.1) is 11.3 Å². The number of hydrogen-bond donors (Lipinski definition) is 1. The van der Waals surface area contributed by atoms with Gasteiger partial charge in [-0.1, -0.05) is 12.1 Å². The Bertz CT molecular complexity index is 991. The van der Waals surface area contributed by atoms with Crippen LogP contribution in [0.3, 0.4) is 0 Å². The molecule has 1 aliphatic heterocycles. The molecule has 0 spiro atoms. The molecule has 0 unspecified atom stereocenters. The summed E-state index contributed by atoms with van der Waals surface area (Å²) in [6.45, 7) is 7.94. The summed E-state index contributed by atoms with van der Waals surface area (Å²) in [4.78, 5) is 26.7. The van der Waals surface area contributed by atoms with Gasteiger partial charge in [0, 0.05) is 26.2 Å². The van der Waals surface area contributed by atoms with Gasteiger partial charge in [-0.05, 0) is 44.7 Å². The number of anilines is 2. The van der Waals surface area contributed by atoms with Gasteiger partial charge < -0.3 is 15.1 Å². The lowest BCUT2D eigenvalue weighted by Gasteiger charge is -2.34. The van der Waals surface area contributed by atoms with Crippen LogP contribution in [-0.4, -0.2) is 54.0 Å². The largest absolute Gasteiger partial charge is 0.354 e. The summed E-state index contributed by atoms with van der Waals surface area (Å²) >= 11 is 1.54. The molecule has 1 saturated heterocycles. The topological polar surface area (TPSA) is 61.4 Å². The fourth-order valence-corrected chi connectivity index (χ4v) is 4.28. The molecule has 0 radical (unpaired) electrons. The number of fused-ring (bicyclic) bond motifs is 1. The second-order valence-corrected chi connectivity index (χ2v) is 8.17. The van der Waals surface area contributed by atoms with Crippen molar-refractivity contribution in [3.8, 4) is 0 Å². The van der Waals surface area contributed by atoms with Crippen LogP contribution in [-0.2, 0) is 0 Å². The van der Waals surface area contributed by atoms with Gasteiger partial charge in [0.25, 0.3) is 5.91 Å². The fourth-order valence-electron chi connectivity index (χ4n) is 3.35. The minimum Gasteiger partial charge on any atom is -0.354 e. The highest BCUT2D eigenvalue weighted by molar-refractivity contribution is 7.18. The molecule has 3 heterocycles. The molecule has 6 nitrogen and oxygen atoms in total. The van der Waals surface area contributed by atoms with Crippen LogP contribution in [0, 0.1) is 13.8 Å². The van der Waals surface area contributed by atoms with Gasteiger partial charge in [0.15, 0.2) is 0 Å². The first-order valence-corrected chi connectivity index (χ1v) is 9.91. The highest BCUT2D eigenvalue weighted by Crippen LogP contribution is 2.26. The summed E-state index contributed by atoms with van der Waals surface area (Å²) in [5.41, 5.74) is 2.62. The molecule has 3 aromatic rings. The summed E-state index contributed by atoms with van der Waals surface area (Å²) < 4.78 is 0.916. The van der Waals surface area contributed by atoms with Crippen molar-refractivity contribution in [2.24, 2.45) is 0 Å². The first kappa shape index (κ1) is 17.9. The Hall–Kier alpha value is -2.51. The number of benzene rings is 1. The zero-order valence-corrected chi connectivity index (χ0v) is 16.6. The molecule has 1 aliphatic rings. The van der Waals surface area contributed by atoms with E-state index in [0.29, 0.717) is 11.4 Å². The molecule has 140 valence electrons. The van der Waals surface area contributed by atoms with Crippen LogP contribution in [0.1, 0.15) is 20.9 Å². The summed E-state index contributed by atoms with van der Waals surface area (Å²) in [5, 5.41) is 3.92. The summed E-state index contributed by atoms with van der Waals surface area (Å²) in [6.07, 6.45) is 0. The number of rotatable bonds is 3. The number of aryl methyl sites for hydroxylation is 2. The number of aromatic nitrogens is 2. The second kappa shape index (κ2) is 7.25. The maximum atomic E-state index is 12.9. The normalized spacial score (nSPS) is 15.3. The maximum absolute atomic E-state index is 12.9. The molecule has 0 atom stereocenters. The van der Waals surface area contributed by atoms with Crippen molar-refractivity contribution in [3.63, 3.8) is 0 Å². The number of carbonyl (C=O) groups excluding carboxylic acids is 1. The number of nitrogens with zero attached hydrogens (tertiary/aromatic N) is 4. The van der Waals surface area contributed by atoms with Crippen LogP contribution < -0.4 is 10.2 Å². The van der Waals surface area contributed by atoms with Crippen molar-refractivity contribution in [3.05, 3.63) is 46.5 Å². The quantitative estimate of drug-likeness (QED) is 0.754. The lowest BCUT2D eigenvalue weighted by Crippen LogP contribution is -2.45. The number of piperazine rings is 1. The second-order valence-electron chi connectivity index (χ2n) is 6.97. The smallest absolute Gasteiger partial charge is 0.258 e. The SMILES string of the molecule is Cc1nc2cccc(C(=O)Nc3ccc(C)c(N4CCN(C)CC4)n3)c2s1. The number of pyridine rings is 1. The fraction of sp³-hybridized carbons (Fsp3) is 0.350. The van der Waals surface area contributed by atoms with E-state index in [1.807, 2.05) is 37.3 Å². The number of hydrogen-bond acceptors (Lipinski definition) is 6. The Morgan fingerprint density at radius 3 is 2.63 bits per heavy atom. The molecule has 2 aromatic heterocycles. The molecule has 1 fully saturated rings. The number of carbonyl (C=O) groups is 1. The van der Waals surface area contributed by atoms with Crippen molar-refractivity contribution >= 4 is 39.1 Å². The number of amides is 1. The van der Waals surface area contributed by atoms with Crippen LogP contribution >= 0.6 is 11.3 Å². The Morgan fingerprint density at radius 2 is 1.85 bits per heavy atom. The lowest BCUT2D eigenvalue weighted by atomic mass is 10.2. The van der Waals surface area contributed by atoms with E-state index in [1.165, 1.54) is 0 Å². The summed E-state index contributed by atoms with van der Waals surface area (Å²) in [6, 6.07) is 9.53. The first-order chi connectivity index (χ1) is 13.0. The van der Waals surface area contributed by atoms with Gasteiger partial charge in [-0.2, -0.15) is 0 Å². The highest BCUT2D eigenvalue weighted by atomic mass is 32.1. The van der Waals surface area contributed by atoms with Gasteiger partial charge in [-0.25, -0.2) is 9.97 Å². The number of nitrogens with one attached hydrogen (secondary N) is 1. The van der Waals surface area contributed by atoms with Gasteiger partial charge in [0.2, 0.25) is 0 Å². The molecule has 0 bridgehead atoms. The highest BCUT2D eigenvalue weighted by Gasteiger charge is 2.19. The van der Waals surface area contributed by atoms with E-state index in [2.05, 4.69) is 34.1 Å². The van der Waals surface area contributed by atoms with Crippen molar-refractivity contribution in [1.29, 1.82) is 0 Å². The van der Waals surface area contributed by atoms with E-state index in [4.69, 9.17) is 4.98 Å². The Kier molecular flexibility index (Phi) is 4.80. The molecule has 27 heavy (non-hydrogen) atoms. The van der Waals surface area contributed by atoms with E-state index in [0.717, 1.165) is 52.8 Å². The third kappa shape index (κ3) is 3.65. The third-order valence-corrected chi connectivity index (χ3v) is 5.90. The van der Waals surface area contributed by atoms with Crippen molar-refractivity contribution < 1.29 is 4.79 Å². The van der Waals surface area contributed by atoms with E-state index in [-0.39, 0.29) is 5.91 Å². The van der Waals surface area contributed by atoms with Gasteiger partial charge in [0.05, 0.1) is 20.8 Å². The minimum atomic E-state index is -0.148.